The van der Waals surface area contributed by atoms with Gasteiger partial charge in [0, 0.05) is 18.0 Å². The predicted octanol–water partition coefficient (Wildman–Crippen LogP) is 2.89. The highest BCUT2D eigenvalue weighted by molar-refractivity contribution is 7.91. The van der Waals surface area contributed by atoms with Gasteiger partial charge in [-0.3, -0.25) is 19.1 Å². The number of allylic oxidation sites excluding steroid dienone is 1. The first-order chi connectivity index (χ1) is 21.2. The first kappa shape index (κ1) is 32.6. The molecule has 2 aliphatic heterocycles. The number of fused-ring (bicyclic) bond motifs is 1. The molecule has 1 aromatic carbocycles. The third-order valence-corrected chi connectivity index (χ3v) is 9.89. The molecule has 4 N–H and O–H groups in total. The van der Waals surface area contributed by atoms with E-state index in [9.17, 15) is 27.6 Å². The van der Waals surface area contributed by atoms with Crippen molar-refractivity contribution in [1.29, 1.82) is 0 Å². The molecule has 4 aliphatic rings. The molecule has 3 fully saturated rings. The van der Waals surface area contributed by atoms with E-state index < -0.39 is 56.8 Å². The van der Waals surface area contributed by atoms with Crippen molar-refractivity contribution in [3.63, 3.8) is 0 Å². The molecule has 0 radical (unpaired) electrons. The van der Waals surface area contributed by atoms with E-state index in [1.807, 2.05) is 0 Å². The second-order valence-corrected chi connectivity index (χ2v) is 14.8. The van der Waals surface area contributed by atoms with Gasteiger partial charge in [-0.1, -0.05) is 30.6 Å². The zero-order chi connectivity index (χ0) is 32.6. The minimum Gasteiger partial charge on any atom is -0.497 e. The molecule has 0 bridgehead atoms. The zero-order valence-corrected chi connectivity index (χ0v) is 27.1. The van der Waals surface area contributed by atoms with Gasteiger partial charge in [0.25, 0.3) is 5.91 Å². The fourth-order valence-electron chi connectivity index (χ4n) is 6.60. The number of nitrogens with one attached hydrogen (secondary N) is 4. The van der Waals surface area contributed by atoms with Crippen LogP contribution in [0, 0.1) is 5.41 Å². The number of carbonyl (C=O) groups is 4. The summed E-state index contributed by atoms with van der Waals surface area (Å²) in [6.45, 7) is 5.53. The molecule has 0 aromatic heterocycles. The van der Waals surface area contributed by atoms with Gasteiger partial charge in [-0.25, -0.2) is 9.52 Å². The van der Waals surface area contributed by atoms with Gasteiger partial charge in [0.2, 0.25) is 11.8 Å². The Morgan fingerprint density at radius 1 is 1.09 bits per heavy atom. The fourth-order valence-corrected chi connectivity index (χ4v) is 7.51. The molecule has 246 valence electrons. The molecule has 45 heavy (non-hydrogen) atoms. The van der Waals surface area contributed by atoms with Crippen LogP contribution in [0.15, 0.2) is 35.9 Å². The second-order valence-electron chi connectivity index (χ2n) is 13.4. The molecule has 2 aliphatic carbocycles. The molecule has 4 atom stereocenters. The number of anilines is 1. The van der Waals surface area contributed by atoms with E-state index in [4.69, 9.17) is 9.47 Å². The number of nitrogens with zero attached hydrogens (tertiary/aromatic N) is 1. The SMILES string of the molecule is COc1cccc(NS(=O)(=O)NC(=O)[C@@]23C[C@]24C/C4=C/CCCCC[C@H](NC(=O)OC(C)(C)C)C(=O)N2CCC[C@H]2C(=O)N3)c1. The van der Waals surface area contributed by atoms with Gasteiger partial charge in [0.15, 0.2) is 0 Å². The van der Waals surface area contributed by atoms with E-state index in [0.29, 0.717) is 44.4 Å². The summed E-state index contributed by atoms with van der Waals surface area (Å²) in [5.41, 5.74) is -1.64. The molecule has 2 saturated carbocycles. The average Bonchev–Trinajstić information content (AvgIpc) is 3.73. The minimum absolute atomic E-state index is 0.199. The van der Waals surface area contributed by atoms with E-state index in [-0.39, 0.29) is 18.0 Å². The number of benzene rings is 1. The van der Waals surface area contributed by atoms with Gasteiger partial charge in [0.1, 0.15) is 29.0 Å². The summed E-state index contributed by atoms with van der Waals surface area (Å²) in [7, 11) is -2.91. The third kappa shape index (κ3) is 7.05. The van der Waals surface area contributed by atoms with Gasteiger partial charge >= 0.3 is 16.3 Å². The van der Waals surface area contributed by atoms with Crippen molar-refractivity contribution in [2.75, 3.05) is 18.4 Å². The van der Waals surface area contributed by atoms with Gasteiger partial charge in [-0.05, 0) is 77.8 Å². The molecule has 2 heterocycles. The van der Waals surface area contributed by atoms with E-state index in [0.717, 1.165) is 24.8 Å². The van der Waals surface area contributed by atoms with Gasteiger partial charge < -0.3 is 25.0 Å². The largest absolute Gasteiger partial charge is 0.497 e. The molecular weight excluding hydrogens is 602 g/mol. The van der Waals surface area contributed by atoms with Crippen LogP contribution in [0.4, 0.5) is 10.5 Å². The van der Waals surface area contributed by atoms with Crippen molar-refractivity contribution < 1.29 is 37.1 Å². The van der Waals surface area contributed by atoms with Crippen LogP contribution in [0.25, 0.3) is 0 Å². The summed E-state index contributed by atoms with van der Waals surface area (Å²) in [6.07, 6.45) is 6.64. The smallest absolute Gasteiger partial charge is 0.408 e. The lowest BCUT2D eigenvalue weighted by molar-refractivity contribution is -0.141. The van der Waals surface area contributed by atoms with Crippen molar-refractivity contribution in [1.82, 2.24) is 20.3 Å². The van der Waals surface area contributed by atoms with Crippen molar-refractivity contribution in [2.24, 2.45) is 5.41 Å². The number of amides is 4. The molecule has 0 unspecified atom stereocenters. The molecular formula is C31H43N5O8S. The van der Waals surface area contributed by atoms with Gasteiger partial charge in [-0.15, -0.1) is 0 Å². The van der Waals surface area contributed by atoms with Crippen molar-refractivity contribution >= 4 is 39.7 Å². The van der Waals surface area contributed by atoms with Crippen LogP contribution in [0.1, 0.15) is 78.6 Å². The van der Waals surface area contributed by atoms with Crippen LogP contribution >= 0.6 is 0 Å². The van der Waals surface area contributed by atoms with E-state index in [1.54, 1.807) is 32.9 Å². The van der Waals surface area contributed by atoms with Gasteiger partial charge in [-0.2, -0.15) is 8.42 Å². The van der Waals surface area contributed by atoms with Crippen LogP contribution < -0.4 is 24.8 Å². The summed E-state index contributed by atoms with van der Waals surface area (Å²) >= 11 is 0. The van der Waals surface area contributed by atoms with E-state index in [1.165, 1.54) is 24.1 Å². The third-order valence-electron chi connectivity index (χ3n) is 8.93. The Morgan fingerprint density at radius 2 is 1.87 bits per heavy atom. The molecule has 5 rings (SSSR count). The van der Waals surface area contributed by atoms with Crippen LogP contribution in [-0.2, 0) is 29.3 Å². The maximum absolute atomic E-state index is 13.8. The molecule has 13 nitrogen and oxygen atoms in total. The number of alkyl carbamates (subject to hydrolysis) is 1. The van der Waals surface area contributed by atoms with Crippen LogP contribution in [-0.4, -0.2) is 74.0 Å². The maximum Gasteiger partial charge on any atom is 0.408 e. The number of rotatable bonds is 6. The number of hydrogen-bond acceptors (Lipinski definition) is 8. The van der Waals surface area contributed by atoms with E-state index >= 15 is 0 Å². The summed E-state index contributed by atoms with van der Waals surface area (Å²) in [6, 6.07) is 4.52. The standard InChI is InChI=1S/C31H43N5O8S/c1-29(2,3)44-28(40)32-23-14-8-6-5-7-11-20-18-30(20)19-31(30,33-25(37)24-15-10-16-36(24)26(23)38)27(39)35-45(41,42)34-21-12-9-13-22(17-21)43-4/h9,11-13,17,23-24,34H,5-8,10,14-16,18-19H2,1-4H3,(H,32,40)(H,33,37)(H,35,39)/b20-11-/t23-,24-,30-,31-/m0/s1. The Kier molecular flexibility index (Phi) is 8.82. The fraction of sp³-hybridized carbons (Fsp3) is 0.613. The lowest BCUT2D eigenvalue weighted by Crippen LogP contribution is -2.58. The Morgan fingerprint density at radius 3 is 2.60 bits per heavy atom. The summed E-state index contributed by atoms with van der Waals surface area (Å²) in [5, 5.41) is 5.60. The average molecular weight is 646 g/mol. The second kappa shape index (κ2) is 12.2. The van der Waals surface area contributed by atoms with Crippen molar-refractivity contribution in [3.05, 3.63) is 35.9 Å². The topological polar surface area (TPSA) is 172 Å². The number of methoxy groups -OCH3 is 1. The Hall–Kier alpha value is -3.81. The zero-order valence-electron chi connectivity index (χ0n) is 26.2. The lowest BCUT2D eigenvalue weighted by atomic mass is 10.0. The highest BCUT2D eigenvalue weighted by atomic mass is 32.2. The lowest BCUT2D eigenvalue weighted by Gasteiger charge is -2.30. The predicted molar refractivity (Wildman–Crippen MR) is 165 cm³/mol. The van der Waals surface area contributed by atoms with Crippen LogP contribution in [0.2, 0.25) is 0 Å². The molecule has 4 amide bonds. The van der Waals surface area contributed by atoms with Crippen molar-refractivity contribution in [3.8, 4) is 5.75 Å². The van der Waals surface area contributed by atoms with E-state index in [2.05, 4.69) is 26.2 Å². The summed E-state index contributed by atoms with van der Waals surface area (Å²) in [5.74, 6) is -1.31. The van der Waals surface area contributed by atoms with Gasteiger partial charge in [0.05, 0.1) is 12.8 Å². The molecule has 1 aromatic rings. The summed E-state index contributed by atoms with van der Waals surface area (Å²) < 4.78 is 41.1. The molecule has 1 saturated heterocycles. The molecule has 1 spiro atoms. The number of hydrogen-bond donors (Lipinski definition) is 4. The highest BCUT2D eigenvalue weighted by Crippen LogP contribution is 2.76. The first-order valence-corrected chi connectivity index (χ1v) is 17.0. The van der Waals surface area contributed by atoms with Crippen LogP contribution in [0.5, 0.6) is 5.75 Å². The maximum atomic E-state index is 13.8. The monoisotopic (exact) mass is 645 g/mol. The number of ether oxygens (including phenoxy) is 2. The first-order valence-electron chi connectivity index (χ1n) is 15.5. The van der Waals surface area contributed by atoms with Crippen LogP contribution in [0.3, 0.4) is 0 Å². The highest BCUT2D eigenvalue weighted by Gasteiger charge is 2.82. The normalized spacial score (nSPS) is 29.6. The van der Waals surface area contributed by atoms with Crippen molar-refractivity contribution in [2.45, 2.75) is 102 Å². The Bertz CT molecular complexity index is 1510. The number of carbonyl (C=O) groups excluding carboxylic acids is 4. The minimum atomic E-state index is -4.36. The Labute approximate surface area is 264 Å². The quantitative estimate of drug-likeness (QED) is 0.342. The Balaban J connectivity index is 1.36. The molecule has 14 heteroatoms. The summed E-state index contributed by atoms with van der Waals surface area (Å²) in [4.78, 5) is 55.5.